The molecule has 0 aromatic heterocycles. The lowest BCUT2D eigenvalue weighted by Gasteiger charge is -2.21. The zero-order valence-corrected chi connectivity index (χ0v) is 11.9. The number of rotatable bonds is 10. The largest absolute Gasteiger partial charge is 0.355 e. The molecule has 0 spiro atoms. The fourth-order valence-corrected chi connectivity index (χ4v) is 1.69. The number of amides is 2. The van der Waals surface area contributed by atoms with Crippen LogP contribution < -0.4 is 10.6 Å². The second kappa shape index (κ2) is 11.0. The number of hydrogen-bond acceptors (Lipinski definition) is 3. The average molecular weight is 257 g/mol. The topological polar surface area (TPSA) is 61.4 Å². The third-order valence-electron chi connectivity index (χ3n) is 2.60. The van der Waals surface area contributed by atoms with Gasteiger partial charge in [-0.3, -0.25) is 9.59 Å². The summed E-state index contributed by atoms with van der Waals surface area (Å²) in [4.78, 5) is 25.2. The molecule has 106 valence electrons. The monoisotopic (exact) mass is 257 g/mol. The molecule has 0 bridgehead atoms. The molecule has 5 nitrogen and oxygen atoms in total. The van der Waals surface area contributed by atoms with Crippen molar-refractivity contribution in [2.45, 2.75) is 39.5 Å². The maximum atomic E-state index is 11.9. The van der Waals surface area contributed by atoms with Crippen LogP contribution in [0.2, 0.25) is 0 Å². The third-order valence-corrected chi connectivity index (χ3v) is 2.60. The van der Waals surface area contributed by atoms with E-state index < -0.39 is 0 Å². The van der Waals surface area contributed by atoms with E-state index in [4.69, 9.17) is 0 Å². The number of nitrogens with zero attached hydrogens (tertiary/aromatic N) is 1. The zero-order valence-electron chi connectivity index (χ0n) is 11.9. The van der Waals surface area contributed by atoms with Crippen LogP contribution in [0.1, 0.15) is 39.5 Å². The van der Waals surface area contributed by atoms with Gasteiger partial charge in [0.15, 0.2) is 0 Å². The van der Waals surface area contributed by atoms with Crippen molar-refractivity contribution in [1.82, 2.24) is 15.5 Å². The van der Waals surface area contributed by atoms with Gasteiger partial charge in [0.25, 0.3) is 0 Å². The Hall–Kier alpha value is -1.10. The lowest BCUT2D eigenvalue weighted by Crippen LogP contribution is -2.34. The highest BCUT2D eigenvalue weighted by atomic mass is 16.2. The molecule has 0 saturated carbocycles. The van der Waals surface area contributed by atoms with Crippen molar-refractivity contribution in [2.24, 2.45) is 0 Å². The molecular formula is C13H27N3O2. The van der Waals surface area contributed by atoms with E-state index in [1.165, 1.54) is 0 Å². The van der Waals surface area contributed by atoms with E-state index in [9.17, 15) is 9.59 Å². The summed E-state index contributed by atoms with van der Waals surface area (Å²) in [6, 6.07) is 0. The fraction of sp³-hybridized carbons (Fsp3) is 0.846. The van der Waals surface area contributed by atoms with Gasteiger partial charge in [0.05, 0.1) is 0 Å². The second-order valence-electron chi connectivity index (χ2n) is 4.33. The summed E-state index contributed by atoms with van der Waals surface area (Å²) in [6.07, 6.45) is 2.51. The van der Waals surface area contributed by atoms with Crippen LogP contribution in [0.5, 0.6) is 0 Å². The molecule has 0 unspecified atom stereocenters. The van der Waals surface area contributed by atoms with Gasteiger partial charge >= 0.3 is 0 Å². The molecule has 0 saturated heterocycles. The van der Waals surface area contributed by atoms with E-state index in [2.05, 4.69) is 24.5 Å². The molecule has 2 N–H and O–H groups in total. The Balaban J connectivity index is 3.87. The summed E-state index contributed by atoms with van der Waals surface area (Å²) in [5.41, 5.74) is 0. The lowest BCUT2D eigenvalue weighted by atomic mass is 10.2. The molecule has 0 aliphatic rings. The van der Waals surface area contributed by atoms with Gasteiger partial charge in [-0.25, -0.2) is 0 Å². The SMILES string of the molecule is CCCN(CCC)C(=O)CCC(=O)NCCNC. The van der Waals surface area contributed by atoms with Gasteiger partial charge in [0, 0.05) is 39.0 Å². The van der Waals surface area contributed by atoms with Gasteiger partial charge in [0.2, 0.25) is 11.8 Å². The first-order valence-electron chi connectivity index (χ1n) is 6.84. The molecule has 0 fully saturated rings. The normalized spacial score (nSPS) is 10.2. The summed E-state index contributed by atoms with van der Waals surface area (Å²) < 4.78 is 0. The summed E-state index contributed by atoms with van der Waals surface area (Å²) in [5.74, 6) is 0.0361. The van der Waals surface area contributed by atoms with Crippen LogP contribution in [-0.4, -0.2) is 49.9 Å². The van der Waals surface area contributed by atoms with Crippen LogP contribution in [0.3, 0.4) is 0 Å². The fourth-order valence-electron chi connectivity index (χ4n) is 1.69. The summed E-state index contributed by atoms with van der Waals surface area (Å²) in [5, 5.41) is 5.72. The molecule has 0 rings (SSSR count). The summed E-state index contributed by atoms with van der Waals surface area (Å²) in [7, 11) is 1.84. The highest BCUT2D eigenvalue weighted by Crippen LogP contribution is 2.01. The third kappa shape index (κ3) is 8.06. The molecule has 0 heterocycles. The Kier molecular flexibility index (Phi) is 10.3. The van der Waals surface area contributed by atoms with Crippen LogP contribution in [0.15, 0.2) is 0 Å². The van der Waals surface area contributed by atoms with Crippen molar-refractivity contribution in [2.75, 3.05) is 33.2 Å². The number of carbonyl (C=O) groups excluding carboxylic acids is 2. The van der Waals surface area contributed by atoms with Gasteiger partial charge in [-0.1, -0.05) is 13.8 Å². The van der Waals surface area contributed by atoms with E-state index in [1.54, 1.807) is 0 Å². The number of hydrogen-bond donors (Lipinski definition) is 2. The number of nitrogens with one attached hydrogen (secondary N) is 2. The minimum atomic E-state index is -0.0495. The van der Waals surface area contributed by atoms with Gasteiger partial charge in [-0.05, 0) is 19.9 Å². The summed E-state index contributed by atoms with van der Waals surface area (Å²) in [6.45, 7) is 7.04. The Morgan fingerprint density at radius 3 is 2.11 bits per heavy atom. The number of carbonyl (C=O) groups is 2. The molecule has 0 aliphatic heterocycles. The van der Waals surface area contributed by atoms with Crippen molar-refractivity contribution >= 4 is 11.8 Å². The standard InChI is InChI=1S/C13H27N3O2/c1-4-10-16(11-5-2)13(18)7-6-12(17)15-9-8-14-3/h14H,4-11H2,1-3H3,(H,15,17). The van der Waals surface area contributed by atoms with Gasteiger partial charge in [-0.15, -0.1) is 0 Å². The average Bonchev–Trinajstić information content (AvgIpc) is 2.36. The van der Waals surface area contributed by atoms with Gasteiger partial charge in [-0.2, -0.15) is 0 Å². The second-order valence-corrected chi connectivity index (χ2v) is 4.33. The summed E-state index contributed by atoms with van der Waals surface area (Å²) >= 11 is 0. The lowest BCUT2D eigenvalue weighted by molar-refractivity contribution is -0.133. The van der Waals surface area contributed by atoms with Crippen molar-refractivity contribution in [3.05, 3.63) is 0 Å². The molecular weight excluding hydrogens is 230 g/mol. The van der Waals surface area contributed by atoms with E-state index in [-0.39, 0.29) is 18.2 Å². The Labute approximate surface area is 110 Å². The first-order chi connectivity index (χ1) is 8.65. The van der Waals surface area contributed by atoms with Crippen LogP contribution in [0.4, 0.5) is 0 Å². The highest BCUT2D eigenvalue weighted by Gasteiger charge is 2.13. The first kappa shape index (κ1) is 16.9. The molecule has 0 aromatic carbocycles. The van der Waals surface area contributed by atoms with E-state index in [1.807, 2.05) is 11.9 Å². The van der Waals surface area contributed by atoms with Crippen LogP contribution in [0.25, 0.3) is 0 Å². The maximum Gasteiger partial charge on any atom is 0.223 e. The first-order valence-corrected chi connectivity index (χ1v) is 6.84. The molecule has 0 aromatic rings. The maximum absolute atomic E-state index is 11.9. The van der Waals surface area contributed by atoms with Crippen molar-refractivity contribution in [3.63, 3.8) is 0 Å². The molecule has 2 amide bonds. The highest BCUT2D eigenvalue weighted by molar-refractivity contribution is 5.83. The van der Waals surface area contributed by atoms with Gasteiger partial charge < -0.3 is 15.5 Å². The van der Waals surface area contributed by atoms with Gasteiger partial charge in [0.1, 0.15) is 0 Å². The molecule has 5 heteroatoms. The quantitative estimate of drug-likeness (QED) is 0.568. The van der Waals surface area contributed by atoms with Crippen molar-refractivity contribution in [3.8, 4) is 0 Å². The van der Waals surface area contributed by atoms with E-state index in [0.717, 1.165) is 32.5 Å². The minimum Gasteiger partial charge on any atom is -0.355 e. The number of likely N-dealkylation sites (N-methyl/N-ethyl adjacent to an activating group) is 1. The molecule has 0 radical (unpaired) electrons. The van der Waals surface area contributed by atoms with E-state index in [0.29, 0.717) is 13.0 Å². The predicted molar refractivity (Wildman–Crippen MR) is 73.3 cm³/mol. The smallest absolute Gasteiger partial charge is 0.223 e. The molecule has 0 atom stereocenters. The predicted octanol–water partition coefficient (Wildman–Crippen LogP) is 0.751. The Morgan fingerprint density at radius 2 is 1.61 bits per heavy atom. The van der Waals surface area contributed by atoms with Crippen molar-refractivity contribution in [1.29, 1.82) is 0 Å². The molecule has 18 heavy (non-hydrogen) atoms. The Morgan fingerprint density at radius 1 is 1.00 bits per heavy atom. The minimum absolute atomic E-state index is 0.0495. The molecule has 0 aliphatic carbocycles. The Bertz CT molecular complexity index is 238. The van der Waals surface area contributed by atoms with E-state index >= 15 is 0 Å². The van der Waals surface area contributed by atoms with Crippen LogP contribution in [-0.2, 0) is 9.59 Å². The van der Waals surface area contributed by atoms with Crippen LogP contribution in [0, 0.1) is 0 Å². The zero-order chi connectivity index (χ0) is 13.8. The van der Waals surface area contributed by atoms with Crippen molar-refractivity contribution < 1.29 is 9.59 Å². The van der Waals surface area contributed by atoms with Crippen LogP contribution >= 0.6 is 0 Å².